The smallest absolute Gasteiger partial charge is 0.124 e. The van der Waals surface area contributed by atoms with E-state index in [0.717, 1.165) is 19.7 Å². The van der Waals surface area contributed by atoms with Gasteiger partial charge in [-0.25, -0.2) is 0 Å². The Balaban J connectivity index is 3.76. The number of alkyl halides is 1. The van der Waals surface area contributed by atoms with Gasteiger partial charge in [-0.2, -0.15) is 0 Å². The molecule has 0 aromatic heterocycles. The fourth-order valence-corrected chi connectivity index (χ4v) is 1.36. The van der Waals surface area contributed by atoms with Crippen molar-refractivity contribution in [3.05, 3.63) is 0 Å². The summed E-state index contributed by atoms with van der Waals surface area (Å²) in [7, 11) is 0. The van der Waals surface area contributed by atoms with Gasteiger partial charge >= 0.3 is 0 Å². The Bertz CT molecular complexity index is 86.2. The molecule has 0 aromatic carbocycles. The highest BCUT2D eigenvalue weighted by molar-refractivity contribution is 6.18. The van der Waals surface area contributed by atoms with Crippen LogP contribution in [0, 0.1) is 0 Å². The minimum Gasteiger partial charge on any atom is -0.362 e. The minimum atomic E-state index is 0.0941. The van der Waals surface area contributed by atoms with E-state index in [2.05, 4.69) is 18.7 Å². The van der Waals surface area contributed by atoms with Crippen LogP contribution in [0.2, 0.25) is 0 Å². The maximum absolute atomic E-state index is 5.73. The third-order valence-corrected chi connectivity index (χ3v) is 1.97. The van der Waals surface area contributed by atoms with Gasteiger partial charge in [0.2, 0.25) is 0 Å². The van der Waals surface area contributed by atoms with Crippen molar-refractivity contribution >= 4 is 11.6 Å². The predicted molar refractivity (Wildman–Crippen MR) is 49.1 cm³/mol. The van der Waals surface area contributed by atoms with Gasteiger partial charge in [0.05, 0.1) is 5.88 Å². The maximum atomic E-state index is 5.73. The molecule has 0 N–H and O–H groups in total. The second kappa shape index (κ2) is 6.89. The van der Waals surface area contributed by atoms with Gasteiger partial charge in [-0.1, -0.05) is 13.8 Å². The molecule has 0 bridgehead atoms. The van der Waals surface area contributed by atoms with E-state index in [1.807, 2.05) is 6.92 Å². The van der Waals surface area contributed by atoms with Crippen LogP contribution in [0.4, 0.5) is 0 Å². The highest BCUT2D eigenvalue weighted by Gasteiger charge is 2.12. The van der Waals surface area contributed by atoms with Crippen LogP contribution in [-0.4, -0.2) is 36.7 Å². The van der Waals surface area contributed by atoms with Crippen molar-refractivity contribution in [2.24, 2.45) is 0 Å². The SMILES string of the molecule is CCOC(CCl)N(CC)CC. The summed E-state index contributed by atoms with van der Waals surface area (Å²) in [4.78, 5) is 2.20. The first-order valence-corrected chi connectivity index (χ1v) is 4.75. The summed E-state index contributed by atoms with van der Waals surface area (Å²) >= 11 is 5.73. The van der Waals surface area contributed by atoms with Crippen LogP contribution in [0.3, 0.4) is 0 Å². The quantitative estimate of drug-likeness (QED) is 0.457. The molecule has 0 aliphatic carbocycles. The van der Waals surface area contributed by atoms with Crippen LogP contribution in [0.5, 0.6) is 0 Å². The summed E-state index contributed by atoms with van der Waals surface area (Å²) < 4.78 is 5.43. The Morgan fingerprint density at radius 3 is 2.09 bits per heavy atom. The van der Waals surface area contributed by atoms with Crippen LogP contribution < -0.4 is 0 Å². The summed E-state index contributed by atoms with van der Waals surface area (Å²) in [6, 6.07) is 0. The zero-order chi connectivity index (χ0) is 8.69. The molecule has 0 spiro atoms. The number of halogens is 1. The van der Waals surface area contributed by atoms with Gasteiger partial charge in [0.25, 0.3) is 0 Å². The topological polar surface area (TPSA) is 12.5 Å². The zero-order valence-electron chi connectivity index (χ0n) is 7.64. The standard InChI is InChI=1S/C8H18ClNO/c1-4-10(5-2)8(7-9)11-6-3/h8H,4-7H2,1-3H3. The number of rotatable bonds is 6. The largest absolute Gasteiger partial charge is 0.362 e. The molecule has 0 aliphatic heterocycles. The van der Waals surface area contributed by atoms with E-state index in [1.54, 1.807) is 0 Å². The van der Waals surface area contributed by atoms with E-state index in [0.29, 0.717) is 5.88 Å². The number of hydrogen-bond acceptors (Lipinski definition) is 2. The lowest BCUT2D eigenvalue weighted by Crippen LogP contribution is -2.38. The lowest BCUT2D eigenvalue weighted by Gasteiger charge is -2.27. The van der Waals surface area contributed by atoms with Gasteiger partial charge in [-0.15, -0.1) is 11.6 Å². The van der Waals surface area contributed by atoms with Gasteiger partial charge < -0.3 is 4.74 Å². The second-order valence-electron chi connectivity index (χ2n) is 2.29. The van der Waals surface area contributed by atoms with Crippen LogP contribution in [0.1, 0.15) is 20.8 Å². The molecular formula is C8H18ClNO. The van der Waals surface area contributed by atoms with Gasteiger partial charge in [0.15, 0.2) is 0 Å². The third-order valence-electron chi connectivity index (χ3n) is 1.71. The Morgan fingerprint density at radius 2 is 1.82 bits per heavy atom. The summed E-state index contributed by atoms with van der Waals surface area (Å²) in [6.07, 6.45) is 0.0941. The molecule has 0 radical (unpaired) electrons. The van der Waals surface area contributed by atoms with Crippen LogP contribution in [-0.2, 0) is 4.74 Å². The van der Waals surface area contributed by atoms with Crippen molar-refractivity contribution in [2.45, 2.75) is 27.0 Å². The van der Waals surface area contributed by atoms with Crippen molar-refractivity contribution in [1.29, 1.82) is 0 Å². The van der Waals surface area contributed by atoms with Gasteiger partial charge in [0, 0.05) is 6.61 Å². The molecule has 1 unspecified atom stereocenters. The monoisotopic (exact) mass is 179 g/mol. The van der Waals surface area contributed by atoms with E-state index in [9.17, 15) is 0 Å². The molecule has 0 heterocycles. The molecule has 0 aromatic rings. The Kier molecular flexibility index (Phi) is 7.02. The normalized spacial score (nSPS) is 13.9. The lowest BCUT2D eigenvalue weighted by molar-refractivity contribution is -0.0345. The van der Waals surface area contributed by atoms with Crippen molar-refractivity contribution in [3.8, 4) is 0 Å². The fraction of sp³-hybridized carbons (Fsp3) is 1.00. The number of ether oxygens (including phenoxy) is 1. The molecule has 11 heavy (non-hydrogen) atoms. The summed E-state index contributed by atoms with van der Waals surface area (Å²) in [5, 5.41) is 0. The van der Waals surface area contributed by atoms with Gasteiger partial charge in [-0.3, -0.25) is 4.90 Å². The molecule has 1 atom stereocenters. The summed E-state index contributed by atoms with van der Waals surface area (Å²) in [5.74, 6) is 0.551. The predicted octanol–water partition coefficient (Wildman–Crippen LogP) is 1.93. The molecule has 0 fully saturated rings. The fourth-order valence-electron chi connectivity index (χ4n) is 1.07. The first kappa shape index (κ1) is 11.2. The summed E-state index contributed by atoms with van der Waals surface area (Å²) in [5.41, 5.74) is 0. The van der Waals surface area contributed by atoms with Crippen molar-refractivity contribution in [2.75, 3.05) is 25.6 Å². The Hall–Kier alpha value is 0.210. The maximum Gasteiger partial charge on any atom is 0.124 e. The highest BCUT2D eigenvalue weighted by Crippen LogP contribution is 2.02. The number of hydrogen-bond donors (Lipinski definition) is 0. The molecule has 0 rings (SSSR count). The second-order valence-corrected chi connectivity index (χ2v) is 2.59. The first-order chi connectivity index (χ1) is 5.29. The van der Waals surface area contributed by atoms with Crippen LogP contribution >= 0.6 is 11.6 Å². The number of nitrogens with zero attached hydrogens (tertiary/aromatic N) is 1. The van der Waals surface area contributed by atoms with E-state index >= 15 is 0 Å². The Labute approximate surface area is 74.5 Å². The van der Waals surface area contributed by atoms with E-state index in [-0.39, 0.29) is 6.23 Å². The molecule has 0 amide bonds. The van der Waals surface area contributed by atoms with Gasteiger partial charge in [0.1, 0.15) is 6.23 Å². The first-order valence-electron chi connectivity index (χ1n) is 4.21. The Morgan fingerprint density at radius 1 is 1.27 bits per heavy atom. The molecule has 0 saturated carbocycles. The average Bonchev–Trinajstić information content (AvgIpc) is 2.05. The highest BCUT2D eigenvalue weighted by atomic mass is 35.5. The van der Waals surface area contributed by atoms with Crippen molar-refractivity contribution in [3.63, 3.8) is 0 Å². The minimum absolute atomic E-state index is 0.0941. The lowest BCUT2D eigenvalue weighted by atomic mass is 10.4. The van der Waals surface area contributed by atoms with Crippen LogP contribution in [0.15, 0.2) is 0 Å². The van der Waals surface area contributed by atoms with Crippen molar-refractivity contribution < 1.29 is 4.74 Å². The van der Waals surface area contributed by atoms with E-state index in [4.69, 9.17) is 16.3 Å². The molecule has 3 heteroatoms. The van der Waals surface area contributed by atoms with E-state index < -0.39 is 0 Å². The summed E-state index contributed by atoms with van der Waals surface area (Å²) in [6.45, 7) is 8.93. The molecule has 2 nitrogen and oxygen atoms in total. The molecular weight excluding hydrogens is 162 g/mol. The van der Waals surface area contributed by atoms with Crippen LogP contribution in [0.25, 0.3) is 0 Å². The van der Waals surface area contributed by atoms with Gasteiger partial charge in [-0.05, 0) is 20.0 Å². The van der Waals surface area contributed by atoms with E-state index in [1.165, 1.54) is 0 Å². The van der Waals surface area contributed by atoms with Crippen molar-refractivity contribution in [1.82, 2.24) is 4.90 Å². The molecule has 0 saturated heterocycles. The molecule has 68 valence electrons. The molecule has 0 aliphatic rings. The third kappa shape index (κ3) is 3.94. The average molecular weight is 180 g/mol. The zero-order valence-corrected chi connectivity index (χ0v) is 8.40.